The molecule has 2 N–H and O–H groups in total. The van der Waals surface area contributed by atoms with Gasteiger partial charge in [0.1, 0.15) is 5.54 Å². The Morgan fingerprint density at radius 1 is 1.22 bits per heavy atom. The molecule has 142 valence electrons. The number of nitrogens with one attached hydrogen (secondary N) is 2. The molecule has 1 aliphatic heterocycles. The molecule has 7 nitrogen and oxygen atoms in total. The maximum Gasteiger partial charge on any atom is 0.255 e. The van der Waals surface area contributed by atoms with Gasteiger partial charge in [-0.1, -0.05) is 0 Å². The minimum atomic E-state index is -0.719. The van der Waals surface area contributed by atoms with Crippen LogP contribution in [-0.2, 0) is 4.79 Å². The van der Waals surface area contributed by atoms with E-state index in [1.54, 1.807) is 23.4 Å². The van der Waals surface area contributed by atoms with Gasteiger partial charge in [-0.2, -0.15) is 0 Å². The van der Waals surface area contributed by atoms with Gasteiger partial charge in [-0.3, -0.25) is 14.6 Å². The summed E-state index contributed by atoms with van der Waals surface area (Å²) in [5, 5.41) is 9.11. The number of piperidine rings is 1. The molecule has 0 radical (unpaired) electrons. The predicted molar refractivity (Wildman–Crippen MR) is 104 cm³/mol. The fraction of sp³-hybridized carbons (Fsp3) is 0.474. The minimum Gasteiger partial charge on any atom is -0.351 e. The maximum atomic E-state index is 13.0. The van der Waals surface area contributed by atoms with Crippen LogP contribution in [0.5, 0.6) is 0 Å². The Hall–Kier alpha value is -2.48. The Bertz CT molecular complexity index is 809. The first-order valence-corrected chi connectivity index (χ1v) is 10.1. The Balaban J connectivity index is 1.47. The Morgan fingerprint density at radius 2 is 2.00 bits per heavy atom. The van der Waals surface area contributed by atoms with Crippen LogP contribution in [0.1, 0.15) is 41.7 Å². The van der Waals surface area contributed by atoms with Crippen LogP contribution in [-0.4, -0.2) is 51.4 Å². The summed E-state index contributed by atoms with van der Waals surface area (Å²) in [5.74, 6) is -0.0164. The number of carbonyl (C=O) groups is 2. The van der Waals surface area contributed by atoms with Crippen LogP contribution in [0.3, 0.4) is 0 Å². The van der Waals surface area contributed by atoms with E-state index in [4.69, 9.17) is 0 Å². The average molecular weight is 385 g/mol. The van der Waals surface area contributed by atoms with Gasteiger partial charge in [-0.15, -0.1) is 11.3 Å². The number of likely N-dealkylation sites (tertiary alicyclic amines) is 1. The molecule has 2 aromatic rings. The number of amides is 2. The number of carbonyl (C=O) groups excluding carboxylic acids is 2. The Kier molecular flexibility index (Phi) is 4.82. The quantitative estimate of drug-likeness (QED) is 0.824. The van der Waals surface area contributed by atoms with Gasteiger partial charge in [-0.05, 0) is 44.7 Å². The second kappa shape index (κ2) is 7.26. The Morgan fingerprint density at radius 3 is 2.59 bits per heavy atom. The van der Waals surface area contributed by atoms with Crippen LogP contribution in [0.2, 0.25) is 0 Å². The predicted octanol–water partition coefficient (Wildman–Crippen LogP) is 2.21. The third kappa shape index (κ3) is 3.95. The van der Waals surface area contributed by atoms with Crippen molar-refractivity contribution >= 4 is 28.3 Å². The van der Waals surface area contributed by atoms with Gasteiger partial charge >= 0.3 is 0 Å². The van der Waals surface area contributed by atoms with Crippen molar-refractivity contribution < 1.29 is 9.59 Å². The zero-order valence-electron chi connectivity index (χ0n) is 15.3. The molecule has 3 heterocycles. The molecule has 0 spiro atoms. The summed E-state index contributed by atoms with van der Waals surface area (Å²) in [6.45, 7) is 2.93. The number of rotatable bonds is 5. The van der Waals surface area contributed by atoms with Crippen LogP contribution in [0, 0.1) is 6.92 Å². The lowest BCUT2D eigenvalue weighted by Gasteiger charge is -2.41. The van der Waals surface area contributed by atoms with Crippen LogP contribution in [0.4, 0.5) is 5.13 Å². The lowest BCUT2D eigenvalue weighted by atomic mass is 9.86. The second-order valence-corrected chi connectivity index (χ2v) is 8.17. The number of pyridine rings is 1. The topological polar surface area (TPSA) is 87.2 Å². The van der Waals surface area contributed by atoms with E-state index in [-0.39, 0.29) is 11.8 Å². The van der Waals surface area contributed by atoms with Gasteiger partial charge in [0.05, 0.1) is 5.56 Å². The lowest BCUT2D eigenvalue weighted by molar-refractivity contribution is -0.127. The summed E-state index contributed by atoms with van der Waals surface area (Å²) in [6.07, 6.45) is 6.54. The molecule has 0 aromatic carbocycles. The highest BCUT2D eigenvalue weighted by molar-refractivity contribution is 7.13. The van der Waals surface area contributed by atoms with Crippen molar-refractivity contribution in [2.45, 2.75) is 44.2 Å². The number of aromatic nitrogens is 2. The van der Waals surface area contributed by atoms with Crippen molar-refractivity contribution in [3.63, 3.8) is 0 Å². The number of hydrogen-bond acceptors (Lipinski definition) is 6. The number of aryl methyl sites for hydroxylation is 1. The molecule has 8 heteroatoms. The summed E-state index contributed by atoms with van der Waals surface area (Å²) in [4.78, 5) is 36.0. The summed E-state index contributed by atoms with van der Waals surface area (Å²) < 4.78 is 0. The third-order valence-electron chi connectivity index (χ3n) is 5.19. The first-order valence-electron chi connectivity index (χ1n) is 9.26. The summed E-state index contributed by atoms with van der Waals surface area (Å²) in [5.41, 5.74) is 0.750. The molecule has 0 bridgehead atoms. The van der Waals surface area contributed by atoms with Crippen molar-refractivity contribution in [3.05, 3.63) is 41.2 Å². The van der Waals surface area contributed by atoms with Gasteiger partial charge in [-0.25, -0.2) is 4.98 Å². The summed E-state index contributed by atoms with van der Waals surface area (Å²) in [6, 6.07) is 3.94. The number of hydrogen-bond donors (Lipinski definition) is 2. The molecule has 1 saturated heterocycles. The summed E-state index contributed by atoms with van der Waals surface area (Å²) in [7, 11) is 0. The zero-order valence-corrected chi connectivity index (χ0v) is 16.1. The monoisotopic (exact) mass is 385 g/mol. The molecule has 2 aromatic heterocycles. The van der Waals surface area contributed by atoms with Crippen molar-refractivity contribution in [3.8, 4) is 0 Å². The highest BCUT2D eigenvalue weighted by Gasteiger charge is 2.44. The van der Waals surface area contributed by atoms with E-state index in [2.05, 4.69) is 20.6 Å². The van der Waals surface area contributed by atoms with Crippen molar-refractivity contribution in [2.75, 3.05) is 18.4 Å². The van der Waals surface area contributed by atoms with Crippen molar-refractivity contribution in [1.29, 1.82) is 0 Å². The highest BCUT2D eigenvalue weighted by Crippen LogP contribution is 2.30. The molecule has 4 rings (SSSR count). The van der Waals surface area contributed by atoms with Crippen LogP contribution >= 0.6 is 11.3 Å². The first kappa shape index (κ1) is 17.9. The van der Waals surface area contributed by atoms with E-state index >= 15 is 0 Å². The van der Waals surface area contributed by atoms with E-state index in [9.17, 15) is 9.59 Å². The van der Waals surface area contributed by atoms with E-state index in [1.807, 2.05) is 18.4 Å². The molecule has 0 atom stereocenters. The largest absolute Gasteiger partial charge is 0.351 e. The van der Waals surface area contributed by atoms with Crippen molar-refractivity contribution in [1.82, 2.24) is 20.2 Å². The van der Waals surface area contributed by atoms with Gasteiger partial charge in [0.2, 0.25) is 5.91 Å². The molecule has 2 amide bonds. The van der Waals surface area contributed by atoms with E-state index in [0.29, 0.717) is 37.5 Å². The van der Waals surface area contributed by atoms with Gasteiger partial charge < -0.3 is 15.5 Å². The zero-order chi connectivity index (χ0) is 18.9. The molecule has 2 aliphatic rings. The molecular weight excluding hydrogens is 362 g/mol. The fourth-order valence-electron chi connectivity index (χ4n) is 3.32. The van der Waals surface area contributed by atoms with Gasteiger partial charge in [0, 0.05) is 42.6 Å². The molecule has 1 saturated carbocycles. The van der Waals surface area contributed by atoms with E-state index in [1.165, 1.54) is 11.3 Å². The lowest BCUT2D eigenvalue weighted by Crippen LogP contribution is -2.59. The third-order valence-corrected chi connectivity index (χ3v) is 5.88. The second-order valence-electron chi connectivity index (χ2n) is 7.27. The minimum absolute atomic E-state index is 0.0179. The average Bonchev–Trinajstić information content (AvgIpc) is 3.35. The highest BCUT2D eigenvalue weighted by atomic mass is 32.1. The van der Waals surface area contributed by atoms with E-state index in [0.717, 1.165) is 23.7 Å². The number of anilines is 1. The molecular formula is C19H23N5O2S. The molecule has 27 heavy (non-hydrogen) atoms. The maximum absolute atomic E-state index is 13.0. The molecule has 0 unspecified atom stereocenters. The summed E-state index contributed by atoms with van der Waals surface area (Å²) >= 11 is 1.48. The van der Waals surface area contributed by atoms with Crippen LogP contribution < -0.4 is 10.6 Å². The number of nitrogens with zero attached hydrogens (tertiary/aromatic N) is 3. The standard InChI is InChI=1S/C19H23N5O2S/c1-13-2-3-14(12-21-13)16(25)24-9-6-19(7-10-24,17(26)22-15-4-5-15)23-18-20-8-11-27-18/h2-3,8,11-12,15H,4-7,9-10H2,1H3,(H,20,23)(H,22,26). The fourth-order valence-corrected chi connectivity index (χ4v) is 3.94. The van der Waals surface area contributed by atoms with Gasteiger partial charge in [0.25, 0.3) is 5.91 Å². The molecule has 2 fully saturated rings. The SMILES string of the molecule is Cc1ccc(C(=O)N2CCC(Nc3nccs3)(C(=O)NC3CC3)CC2)cn1. The van der Waals surface area contributed by atoms with Gasteiger partial charge in [0.15, 0.2) is 5.13 Å². The molecule has 1 aliphatic carbocycles. The van der Waals surface area contributed by atoms with Crippen LogP contribution in [0.15, 0.2) is 29.9 Å². The smallest absolute Gasteiger partial charge is 0.255 e. The first-order chi connectivity index (χ1) is 13.1. The van der Waals surface area contributed by atoms with Crippen molar-refractivity contribution in [2.24, 2.45) is 0 Å². The normalized spacial score (nSPS) is 18.8. The Labute approximate surface area is 162 Å². The van der Waals surface area contributed by atoms with Crippen LogP contribution in [0.25, 0.3) is 0 Å². The number of thiazole rings is 1. The van der Waals surface area contributed by atoms with E-state index < -0.39 is 5.54 Å².